The Morgan fingerprint density at radius 1 is 1.19 bits per heavy atom. The molecule has 0 aliphatic rings. The number of anilines is 1. The molecule has 0 saturated carbocycles. The molecular formula is C13H22N2O5S. The maximum absolute atomic E-state index is 12.6. The summed E-state index contributed by atoms with van der Waals surface area (Å²) in [5.74, 6) is 0.548. The number of hydrogen-bond acceptors (Lipinski definition) is 6. The molecular weight excluding hydrogens is 296 g/mol. The van der Waals surface area contributed by atoms with E-state index in [9.17, 15) is 8.42 Å². The van der Waals surface area contributed by atoms with Crippen molar-refractivity contribution in [2.45, 2.75) is 11.8 Å². The lowest BCUT2D eigenvalue weighted by Crippen LogP contribution is -2.30. The zero-order valence-electron chi connectivity index (χ0n) is 12.8. The van der Waals surface area contributed by atoms with E-state index in [1.165, 1.54) is 37.7 Å². The molecule has 1 rings (SSSR count). The van der Waals surface area contributed by atoms with E-state index >= 15 is 0 Å². The molecule has 2 N–H and O–H groups in total. The van der Waals surface area contributed by atoms with Crippen molar-refractivity contribution in [2.75, 3.05) is 46.8 Å². The van der Waals surface area contributed by atoms with Crippen LogP contribution in [0.3, 0.4) is 0 Å². The average Bonchev–Trinajstić information content (AvgIpc) is 2.46. The van der Waals surface area contributed by atoms with Gasteiger partial charge in [0.25, 0.3) is 0 Å². The van der Waals surface area contributed by atoms with Crippen molar-refractivity contribution < 1.29 is 22.6 Å². The molecule has 0 fully saturated rings. The zero-order chi connectivity index (χ0) is 16.0. The van der Waals surface area contributed by atoms with Crippen molar-refractivity contribution in [3.63, 3.8) is 0 Å². The van der Waals surface area contributed by atoms with Crippen LogP contribution < -0.4 is 15.2 Å². The fourth-order valence-corrected chi connectivity index (χ4v) is 3.04. The standard InChI is InChI=1S/C13H22N2O5S/c1-5-20-7-6-15(2)21(16,17)13-8-10(14)11(18-3)9-12(13)19-4/h8-9H,5-7,14H2,1-4H3. The highest BCUT2D eigenvalue weighted by Gasteiger charge is 2.26. The second kappa shape index (κ2) is 7.48. The van der Waals surface area contributed by atoms with Crippen molar-refractivity contribution in [1.82, 2.24) is 4.31 Å². The van der Waals surface area contributed by atoms with Crippen LogP contribution in [0.15, 0.2) is 17.0 Å². The Labute approximate surface area is 125 Å². The molecule has 8 heteroatoms. The third kappa shape index (κ3) is 3.99. The average molecular weight is 318 g/mol. The van der Waals surface area contributed by atoms with Crippen LogP contribution in [0.4, 0.5) is 5.69 Å². The molecule has 7 nitrogen and oxygen atoms in total. The molecule has 0 spiro atoms. The molecule has 0 aliphatic carbocycles. The number of ether oxygens (including phenoxy) is 3. The lowest BCUT2D eigenvalue weighted by molar-refractivity contribution is 0.138. The molecule has 1 aromatic carbocycles. The predicted molar refractivity (Wildman–Crippen MR) is 80.3 cm³/mol. The second-order valence-corrected chi connectivity index (χ2v) is 6.28. The number of nitrogen functional groups attached to an aromatic ring is 1. The highest BCUT2D eigenvalue weighted by molar-refractivity contribution is 7.89. The number of benzene rings is 1. The Morgan fingerprint density at radius 2 is 1.81 bits per heavy atom. The quantitative estimate of drug-likeness (QED) is 0.567. The third-order valence-electron chi connectivity index (χ3n) is 2.96. The summed E-state index contributed by atoms with van der Waals surface area (Å²) in [7, 11) is 0.608. The fraction of sp³-hybridized carbons (Fsp3) is 0.538. The van der Waals surface area contributed by atoms with E-state index in [1.54, 1.807) is 0 Å². The Morgan fingerprint density at radius 3 is 2.33 bits per heavy atom. The van der Waals surface area contributed by atoms with Gasteiger partial charge in [-0.05, 0) is 13.0 Å². The van der Waals surface area contributed by atoms with Crippen molar-refractivity contribution >= 4 is 15.7 Å². The molecule has 0 atom stereocenters. The van der Waals surface area contributed by atoms with E-state index < -0.39 is 10.0 Å². The van der Waals surface area contributed by atoms with Gasteiger partial charge in [-0.3, -0.25) is 0 Å². The van der Waals surface area contributed by atoms with E-state index in [0.29, 0.717) is 19.0 Å². The first-order valence-electron chi connectivity index (χ1n) is 6.44. The molecule has 21 heavy (non-hydrogen) atoms. The monoisotopic (exact) mass is 318 g/mol. The van der Waals surface area contributed by atoms with E-state index in [0.717, 1.165) is 0 Å². The topological polar surface area (TPSA) is 91.1 Å². The van der Waals surface area contributed by atoms with Gasteiger partial charge in [0.15, 0.2) is 0 Å². The summed E-state index contributed by atoms with van der Waals surface area (Å²) in [6.07, 6.45) is 0. The van der Waals surface area contributed by atoms with Crippen LogP contribution in [0.2, 0.25) is 0 Å². The fourth-order valence-electron chi connectivity index (χ4n) is 1.72. The first kappa shape index (κ1) is 17.5. The van der Waals surface area contributed by atoms with Gasteiger partial charge in [0, 0.05) is 26.3 Å². The Balaban J connectivity index is 3.15. The Bertz CT molecular complexity index is 574. The molecule has 0 heterocycles. The van der Waals surface area contributed by atoms with Gasteiger partial charge in [-0.15, -0.1) is 0 Å². The van der Waals surface area contributed by atoms with Crippen LogP contribution in [-0.2, 0) is 14.8 Å². The molecule has 0 bridgehead atoms. The first-order valence-corrected chi connectivity index (χ1v) is 7.88. The summed E-state index contributed by atoms with van der Waals surface area (Å²) in [6.45, 7) is 2.94. The Kier molecular flexibility index (Phi) is 6.25. The summed E-state index contributed by atoms with van der Waals surface area (Å²) in [6, 6.07) is 2.79. The van der Waals surface area contributed by atoms with Crippen LogP contribution in [0.1, 0.15) is 6.92 Å². The van der Waals surface area contributed by atoms with Crippen molar-refractivity contribution in [2.24, 2.45) is 0 Å². The largest absolute Gasteiger partial charge is 0.495 e. The van der Waals surface area contributed by atoms with E-state index in [-0.39, 0.29) is 22.9 Å². The van der Waals surface area contributed by atoms with Gasteiger partial charge in [-0.1, -0.05) is 0 Å². The smallest absolute Gasteiger partial charge is 0.246 e. The molecule has 0 unspecified atom stereocenters. The lowest BCUT2D eigenvalue weighted by Gasteiger charge is -2.19. The minimum absolute atomic E-state index is 0.00213. The normalized spacial score (nSPS) is 11.7. The first-order chi connectivity index (χ1) is 9.88. The minimum Gasteiger partial charge on any atom is -0.495 e. The zero-order valence-corrected chi connectivity index (χ0v) is 13.6. The SMILES string of the molecule is CCOCCN(C)S(=O)(=O)c1cc(N)c(OC)cc1OC. The third-order valence-corrected chi connectivity index (χ3v) is 4.84. The Hall–Kier alpha value is -1.51. The predicted octanol–water partition coefficient (Wildman–Crippen LogP) is 0.943. The van der Waals surface area contributed by atoms with Gasteiger partial charge in [-0.25, -0.2) is 8.42 Å². The maximum atomic E-state index is 12.6. The molecule has 0 saturated heterocycles. The number of nitrogens with two attached hydrogens (primary N) is 1. The lowest BCUT2D eigenvalue weighted by atomic mass is 10.3. The van der Waals surface area contributed by atoms with Gasteiger partial charge in [0.1, 0.15) is 16.4 Å². The number of sulfonamides is 1. The number of methoxy groups -OCH3 is 2. The minimum atomic E-state index is -3.72. The van der Waals surface area contributed by atoms with Crippen LogP contribution in [0.5, 0.6) is 11.5 Å². The van der Waals surface area contributed by atoms with Crippen LogP contribution in [-0.4, -0.2) is 53.7 Å². The summed E-state index contributed by atoms with van der Waals surface area (Å²) in [4.78, 5) is 0.00213. The van der Waals surface area contributed by atoms with Gasteiger partial charge in [0.2, 0.25) is 10.0 Å². The van der Waals surface area contributed by atoms with Crippen molar-refractivity contribution in [1.29, 1.82) is 0 Å². The summed E-state index contributed by atoms with van der Waals surface area (Å²) >= 11 is 0. The van der Waals surface area contributed by atoms with Crippen LogP contribution in [0.25, 0.3) is 0 Å². The van der Waals surface area contributed by atoms with E-state index in [1.807, 2.05) is 6.92 Å². The molecule has 1 aromatic rings. The molecule has 0 radical (unpaired) electrons. The van der Waals surface area contributed by atoms with Gasteiger partial charge >= 0.3 is 0 Å². The molecule has 120 valence electrons. The highest BCUT2D eigenvalue weighted by Crippen LogP contribution is 2.34. The van der Waals surface area contributed by atoms with Gasteiger partial charge in [-0.2, -0.15) is 4.31 Å². The van der Waals surface area contributed by atoms with Crippen LogP contribution in [0, 0.1) is 0 Å². The van der Waals surface area contributed by atoms with Gasteiger partial charge in [0.05, 0.1) is 26.5 Å². The van der Waals surface area contributed by atoms with Gasteiger partial charge < -0.3 is 19.9 Å². The molecule has 0 aliphatic heterocycles. The number of likely N-dealkylation sites (N-methyl/N-ethyl adjacent to an activating group) is 1. The summed E-state index contributed by atoms with van der Waals surface area (Å²) in [5, 5.41) is 0. The number of hydrogen-bond donors (Lipinski definition) is 1. The molecule has 0 amide bonds. The number of rotatable bonds is 8. The summed E-state index contributed by atoms with van der Waals surface area (Å²) in [5.41, 5.74) is 6.02. The highest BCUT2D eigenvalue weighted by atomic mass is 32.2. The van der Waals surface area contributed by atoms with Crippen molar-refractivity contribution in [3.8, 4) is 11.5 Å². The maximum Gasteiger partial charge on any atom is 0.246 e. The summed E-state index contributed by atoms with van der Waals surface area (Å²) < 4.78 is 41.7. The number of nitrogens with zero attached hydrogens (tertiary/aromatic N) is 1. The second-order valence-electron chi connectivity index (χ2n) is 4.27. The van der Waals surface area contributed by atoms with E-state index in [2.05, 4.69) is 0 Å². The van der Waals surface area contributed by atoms with E-state index in [4.69, 9.17) is 19.9 Å². The molecule has 0 aromatic heterocycles. The van der Waals surface area contributed by atoms with Crippen LogP contribution >= 0.6 is 0 Å². The van der Waals surface area contributed by atoms with Crippen molar-refractivity contribution in [3.05, 3.63) is 12.1 Å².